The summed E-state index contributed by atoms with van der Waals surface area (Å²) in [5.74, 6) is -0.155. The Balaban J connectivity index is 1.91. The molecule has 0 bridgehead atoms. The van der Waals surface area contributed by atoms with Gasteiger partial charge in [-0.25, -0.2) is 4.79 Å². The molecule has 2 aromatic rings. The van der Waals surface area contributed by atoms with Gasteiger partial charge in [-0.1, -0.05) is 76.0 Å². The van der Waals surface area contributed by atoms with Gasteiger partial charge in [-0.05, 0) is 43.7 Å². The van der Waals surface area contributed by atoms with Gasteiger partial charge in [-0.2, -0.15) is 0 Å². The number of hydrogen-bond donors (Lipinski definition) is 0. The van der Waals surface area contributed by atoms with Crippen molar-refractivity contribution >= 4 is 27.4 Å². The van der Waals surface area contributed by atoms with E-state index >= 15 is 0 Å². The number of aryl methyl sites for hydroxylation is 2. The maximum absolute atomic E-state index is 12.4. The fraction of sp³-hybridized carbons (Fsp3) is 0.609. The van der Waals surface area contributed by atoms with Crippen molar-refractivity contribution in [1.29, 1.82) is 0 Å². The molecule has 0 aliphatic heterocycles. The zero-order valence-electron chi connectivity index (χ0n) is 16.7. The molecule has 1 heterocycles. The van der Waals surface area contributed by atoms with Crippen LogP contribution >= 0.6 is 11.3 Å². The Hall–Kier alpha value is -1.35. The third kappa shape index (κ3) is 6.12. The number of hydrogen-bond acceptors (Lipinski definition) is 3. The summed E-state index contributed by atoms with van der Waals surface area (Å²) in [6.07, 6.45) is 12.9. The number of thiophene rings is 1. The predicted molar refractivity (Wildman–Crippen MR) is 113 cm³/mol. The molecule has 0 N–H and O–H groups in total. The highest BCUT2D eigenvalue weighted by molar-refractivity contribution is 7.21. The third-order valence-corrected chi connectivity index (χ3v) is 6.13. The monoisotopic (exact) mass is 374 g/mol. The smallest absolute Gasteiger partial charge is 0.348 e. The van der Waals surface area contributed by atoms with Crippen LogP contribution in [0.3, 0.4) is 0 Å². The summed E-state index contributed by atoms with van der Waals surface area (Å²) in [6, 6.07) is 6.48. The summed E-state index contributed by atoms with van der Waals surface area (Å²) in [7, 11) is 0. The van der Waals surface area contributed by atoms with Crippen LogP contribution in [0.4, 0.5) is 0 Å². The van der Waals surface area contributed by atoms with Crippen LogP contribution in [-0.4, -0.2) is 12.6 Å². The Labute approximate surface area is 163 Å². The zero-order chi connectivity index (χ0) is 18.8. The summed E-state index contributed by atoms with van der Waals surface area (Å²) in [5, 5.41) is 1.25. The van der Waals surface area contributed by atoms with E-state index in [0.717, 1.165) is 17.7 Å². The molecule has 144 valence electrons. The Morgan fingerprint density at radius 3 is 2.27 bits per heavy atom. The Kier molecular flexibility index (Phi) is 9.17. The molecule has 0 aliphatic rings. The molecular formula is C23H34O2S. The first kappa shape index (κ1) is 21.0. The molecule has 2 nitrogen and oxygen atoms in total. The summed E-state index contributed by atoms with van der Waals surface area (Å²) in [4.78, 5) is 13.2. The first-order valence-corrected chi connectivity index (χ1v) is 11.2. The summed E-state index contributed by atoms with van der Waals surface area (Å²) < 4.78 is 6.49. The van der Waals surface area contributed by atoms with Gasteiger partial charge in [0.2, 0.25) is 0 Å². The first-order valence-electron chi connectivity index (χ1n) is 10.4. The molecule has 0 spiro atoms. The van der Waals surface area contributed by atoms with E-state index < -0.39 is 0 Å². The van der Waals surface area contributed by atoms with Gasteiger partial charge in [-0.3, -0.25) is 0 Å². The Bertz CT molecular complexity index is 687. The van der Waals surface area contributed by atoms with Crippen molar-refractivity contribution < 1.29 is 9.53 Å². The minimum atomic E-state index is -0.155. The van der Waals surface area contributed by atoms with Gasteiger partial charge in [0.1, 0.15) is 4.88 Å². The standard InChI is InChI=1S/C23H34O2S/c1-4-6-7-8-9-10-11-12-13-14-19-20-17-18(3)15-16-21(20)26-22(19)23(24)25-5-2/h15-17H,4-14H2,1-3H3. The van der Waals surface area contributed by atoms with Crippen LogP contribution in [-0.2, 0) is 11.2 Å². The van der Waals surface area contributed by atoms with Crippen LogP contribution in [0.5, 0.6) is 0 Å². The predicted octanol–water partition coefficient (Wildman–Crippen LogP) is 7.46. The topological polar surface area (TPSA) is 26.3 Å². The van der Waals surface area contributed by atoms with Crippen molar-refractivity contribution in [2.75, 3.05) is 6.61 Å². The highest BCUT2D eigenvalue weighted by Gasteiger charge is 2.19. The van der Waals surface area contributed by atoms with E-state index in [-0.39, 0.29) is 5.97 Å². The molecule has 1 aromatic heterocycles. The van der Waals surface area contributed by atoms with E-state index in [9.17, 15) is 4.79 Å². The van der Waals surface area contributed by atoms with Gasteiger partial charge in [0.05, 0.1) is 6.61 Å². The van der Waals surface area contributed by atoms with E-state index in [0.29, 0.717) is 6.61 Å². The van der Waals surface area contributed by atoms with Gasteiger partial charge in [-0.15, -0.1) is 11.3 Å². The second-order valence-corrected chi connectivity index (χ2v) is 8.26. The highest BCUT2D eigenvalue weighted by Crippen LogP contribution is 2.34. The van der Waals surface area contributed by atoms with Crippen molar-refractivity contribution in [2.45, 2.75) is 85.0 Å². The van der Waals surface area contributed by atoms with Gasteiger partial charge in [0.25, 0.3) is 0 Å². The van der Waals surface area contributed by atoms with Crippen LogP contribution in [0.1, 0.15) is 92.4 Å². The normalized spacial score (nSPS) is 11.2. The molecule has 26 heavy (non-hydrogen) atoms. The first-order chi connectivity index (χ1) is 12.7. The fourth-order valence-electron chi connectivity index (χ4n) is 3.48. The van der Waals surface area contributed by atoms with Crippen molar-refractivity contribution in [1.82, 2.24) is 0 Å². The van der Waals surface area contributed by atoms with Gasteiger partial charge >= 0.3 is 5.97 Å². The summed E-state index contributed by atoms with van der Waals surface area (Å²) >= 11 is 1.59. The number of ether oxygens (including phenoxy) is 1. The number of benzene rings is 1. The molecule has 0 radical (unpaired) electrons. The lowest BCUT2D eigenvalue weighted by Crippen LogP contribution is -2.05. The SMILES string of the molecule is CCCCCCCCCCCc1c(C(=O)OCC)sc2ccc(C)cc12. The quantitative estimate of drug-likeness (QED) is 0.285. The molecule has 3 heteroatoms. The molecule has 0 aliphatic carbocycles. The average Bonchev–Trinajstić information content (AvgIpc) is 2.98. The third-order valence-electron chi connectivity index (χ3n) is 4.94. The number of unbranched alkanes of at least 4 members (excludes halogenated alkanes) is 8. The zero-order valence-corrected chi connectivity index (χ0v) is 17.6. The van der Waals surface area contributed by atoms with E-state index in [1.165, 1.54) is 72.6 Å². The molecule has 0 unspecified atom stereocenters. The lowest BCUT2D eigenvalue weighted by Gasteiger charge is -2.06. The Morgan fingerprint density at radius 1 is 0.962 bits per heavy atom. The molecule has 0 amide bonds. The highest BCUT2D eigenvalue weighted by atomic mass is 32.1. The molecule has 2 rings (SSSR count). The number of esters is 1. The molecule has 0 atom stereocenters. The second-order valence-electron chi connectivity index (χ2n) is 7.21. The van der Waals surface area contributed by atoms with Crippen molar-refractivity contribution in [3.05, 3.63) is 34.2 Å². The van der Waals surface area contributed by atoms with Crippen LogP contribution in [0.2, 0.25) is 0 Å². The fourth-order valence-corrected chi connectivity index (χ4v) is 4.61. The van der Waals surface area contributed by atoms with Crippen molar-refractivity contribution in [3.8, 4) is 0 Å². The number of fused-ring (bicyclic) bond motifs is 1. The van der Waals surface area contributed by atoms with Gasteiger partial charge < -0.3 is 4.74 Å². The van der Waals surface area contributed by atoms with E-state index in [1.54, 1.807) is 11.3 Å². The minimum absolute atomic E-state index is 0.155. The van der Waals surface area contributed by atoms with Crippen LogP contribution < -0.4 is 0 Å². The van der Waals surface area contributed by atoms with E-state index in [2.05, 4.69) is 32.0 Å². The lowest BCUT2D eigenvalue weighted by molar-refractivity contribution is 0.0531. The van der Waals surface area contributed by atoms with E-state index in [4.69, 9.17) is 4.74 Å². The molecular weight excluding hydrogens is 340 g/mol. The number of carbonyl (C=O) groups excluding carboxylic acids is 1. The van der Waals surface area contributed by atoms with Gasteiger partial charge in [0.15, 0.2) is 0 Å². The van der Waals surface area contributed by atoms with E-state index in [1.807, 2.05) is 6.92 Å². The van der Waals surface area contributed by atoms with Crippen molar-refractivity contribution in [3.63, 3.8) is 0 Å². The Morgan fingerprint density at radius 2 is 1.62 bits per heavy atom. The number of rotatable bonds is 12. The maximum atomic E-state index is 12.4. The van der Waals surface area contributed by atoms with Gasteiger partial charge in [0, 0.05) is 4.70 Å². The second kappa shape index (κ2) is 11.4. The van der Waals surface area contributed by atoms with Crippen LogP contribution in [0.25, 0.3) is 10.1 Å². The lowest BCUT2D eigenvalue weighted by atomic mass is 10.0. The largest absolute Gasteiger partial charge is 0.462 e. The number of carbonyl (C=O) groups is 1. The minimum Gasteiger partial charge on any atom is -0.462 e. The maximum Gasteiger partial charge on any atom is 0.348 e. The molecule has 0 saturated carbocycles. The molecule has 0 fully saturated rings. The summed E-state index contributed by atoms with van der Waals surface area (Å²) in [5.41, 5.74) is 2.45. The van der Waals surface area contributed by atoms with Crippen LogP contribution in [0, 0.1) is 6.92 Å². The van der Waals surface area contributed by atoms with Crippen molar-refractivity contribution in [2.24, 2.45) is 0 Å². The average molecular weight is 375 g/mol. The summed E-state index contributed by atoms with van der Waals surface area (Å²) in [6.45, 7) is 6.68. The molecule has 1 aromatic carbocycles. The van der Waals surface area contributed by atoms with Crippen LogP contribution in [0.15, 0.2) is 18.2 Å². The molecule has 0 saturated heterocycles.